The lowest BCUT2D eigenvalue weighted by molar-refractivity contribution is 0.0710. The highest BCUT2D eigenvalue weighted by Gasteiger charge is 2.28. The second-order valence-electron chi connectivity index (χ2n) is 9.42. The molecule has 30 heavy (non-hydrogen) atoms. The Balaban J connectivity index is 1.63. The molecule has 1 amide bonds. The highest BCUT2D eigenvalue weighted by molar-refractivity contribution is 7.11. The van der Waals surface area contributed by atoms with Crippen LogP contribution in [0.15, 0.2) is 22.4 Å². The average molecular weight is 428 g/mol. The van der Waals surface area contributed by atoms with Gasteiger partial charge in [0.25, 0.3) is 5.91 Å². The first kappa shape index (κ1) is 20.8. The first-order valence-electron chi connectivity index (χ1n) is 10.4. The van der Waals surface area contributed by atoms with Gasteiger partial charge in [0.15, 0.2) is 5.65 Å². The monoisotopic (exact) mass is 427 g/mol. The molecule has 0 spiro atoms. The van der Waals surface area contributed by atoms with Crippen LogP contribution in [0.1, 0.15) is 60.6 Å². The summed E-state index contributed by atoms with van der Waals surface area (Å²) < 4.78 is 3.45. The van der Waals surface area contributed by atoms with Crippen LogP contribution in [-0.4, -0.2) is 43.0 Å². The van der Waals surface area contributed by atoms with E-state index < -0.39 is 0 Å². The molecular weight excluding hydrogens is 398 g/mol. The molecule has 0 aromatic carbocycles. The van der Waals surface area contributed by atoms with Gasteiger partial charge in [-0.3, -0.25) is 13.9 Å². The molecule has 0 aliphatic carbocycles. The van der Waals surface area contributed by atoms with Gasteiger partial charge in [0, 0.05) is 38.3 Å². The van der Waals surface area contributed by atoms with Crippen molar-refractivity contribution in [2.24, 2.45) is 12.5 Å². The van der Waals surface area contributed by atoms with Crippen molar-refractivity contribution in [2.75, 3.05) is 13.1 Å². The van der Waals surface area contributed by atoms with E-state index in [1.54, 1.807) is 17.1 Å². The van der Waals surface area contributed by atoms with E-state index in [1.807, 2.05) is 28.5 Å². The number of hydrogen-bond acceptors (Lipinski definition) is 5. The Hall–Kier alpha value is -2.48. The fourth-order valence-electron chi connectivity index (χ4n) is 4.20. The van der Waals surface area contributed by atoms with Crippen LogP contribution in [0.5, 0.6) is 0 Å². The molecule has 4 heterocycles. The highest BCUT2D eigenvalue weighted by Crippen LogP contribution is 2.29. The van der Waals surface area contributed by atoms with E-state index >= 15 is 0 Å². The van der Waals surface area contributed by atoms with Crippen LogP contribution in [0.4, 0.5) is 0 Å². The third-order valence-electron chi connectivity index (χ3n) is 5.70. The summed E-state index contributed by atoms with van der Waals surface area (Å²) in [6.07, 6.45) is 1.93. The number of amides is 1. The van der Waals surface area contributed by atoms with Gasteiger partial charge in [-0.15, -0.1) is 11.3 Å². The number of fused-ring (bicyclic) bond motifs is 1. The molecule has 1 atom stereocenters. The topological polar surface area (TPSA) is 73.0 Å². The number of likely N-dealkylation sites (tertiary alicyclic amines) is 1. The van der Waals surface area contributed by atoms with Crippen molar-refractivity contribution in [3.05, 3.63) is 44.4 Å². The van der Waals surface area contributed by atoms with Gasteiger partial charge in [-0.2, -0.15) is 0 Å². The number of carbonyl (C=O) groups is 1. The fraction of sp³-hybridized carbons (Fsp3) is 0.545. The molecule has 1 saturated heterocycles. The fourth-order valence-corrected chi connectivity index (χ4v) is 4.97. The molecule has 3 aromatic heterocycles. The molecular formula is C22H29N5O2S. The molecule has 3 aromatic rings. The maximum Gasteiger partial charge on any atom is 0.330 e. The van der Waals surface area contributed by atoms with Crippen molar-refractivity contribution in [1.29, 1.82) is 0 Å². The number of pyridine rings is 1. The molecule has 4 rings (SSSR count). The largest absolute Gasteiger partial charge is 0.337 e. The normalized spacial score (nSPS) is 17.6. The number of rotatable bonds is 3. The van der Waals surface area contributed by atoms with E-state index in [4.69, 9.17) is 4.98 Å². The Morgan fingerprint density at radius 1 is 1.30 bits per heavy atom. The standard InChI is InChI=1S/C22H29N5O2S/c1-14-18(30-13-23-14)20(28)26-10-6-7-15(11-26)16-8-9-17-19(24-16)25(5)21(29)27(17)12-22(2,3)4/h8-9,13,15H,6-7,10-12H2,1-5H3. The first-order chi connectivity index (χ1) is 14.2. The zero-order chi connectivity index (χ0) is 21.6. The molecule has 8 heteroatoms. The van der Waals surface area contributed by atoms with Crippen molar-refractivity contribution in [2.45, 2.75) is 53.0 Å². The minimum atomic E-state index is -0.0364. The van der Waals surface area contributed by atoms with E-state index in [0.29, 0.717) is 18.7 Å². The minimum absolute atomic E-state index is 0.00417. The van der Waals surface area contributed by atoms with Crippen LogP contribution in [0.3, 0.4) is 0 Å². The van der Waals surface area contributed by atoms with E-state index in [0.717, 1.165) is 41.2 Å². The summed E-state index contributed by atoms with van der Waals surface area (Å²) in [4.78, 5) is 37.5. The van der Waals surface area contributed by atoms with Crippen LogP contribution in [0.2, 0.25) is 0 Å². The molecule has 0 N–H and O–H groups in total. The van der Waals surface area contributed by atoms with Gasteiger partial charge in [-0.25, -0.2) is 14.8 Å². The second kappa shape index (κ2) is 7.65. The zero-order valence-corrected chi connectivity index (χ0v) is 19.1. The molecule has 1 aliphatic rings. The summed E-state index contributed by atoms with van der Waals surface area (Å²) in [5.41, 5.74) is 5.00. The number of thiazole rings is 1. The maximum atomic E-state index is 12.9. The molecule has 0 bridgehead atoms. The van der Waals surface area contributed by atoms with Crippen molar-refractivity contribution in [3.8, 4) is 0 Å². The second-order valence-corrected chi connectivity index (χ2v) is 10.3. The number of aromatic nitrogens is 4. The van der Waals surface area contributed by atoms with Crippen LogP contribution in [-0.2, 0) is 13.6 Å². The maximum absolute atomic E-state index is 12.9. The molecule has 1 unspecified atom stereocenters. The SMILES string of the molecule is Cc1ncsc1C(=O)N1CCCC(c2ccc3c(n2)n(C)c(=O)n3CC(C)(C)C)C1. The number of hydrogen-bond donors (Lipinski definition) is 0. The van der Waals surface area contributed by atoms with Gasteiger partial charge in [0.05, 0.1) is 16.7 Å². The van der Waals surface area contributed by atoms with E-state index in [1.165, 1.54) is 11.3 Å². The number of aryl methyl sites for hydroxylation is 2. The quantitative estimate of drug-likeness (QED) is 0.641. The minimum Gasteiger partial charge on any atom is -0.337 e. The predicted molar refractivity (Wildman–Crippen MR) is 119 cm³/mol. The molecule has 1 fully saturated rings. The Labute approximate surface area is 180 Å². The summed E-state index contributed by atoms with van der Waals surface area (Å²) in [6.45, 7) is 10.3. The summed E-state index contributed by atoms with van der Waals surface area (Å²) in [5.74, 6) is 0.228. The van der Waals surface area contributed by atoms with Gasteiger partial charge >= 0.3 is 5.69 Å². The van der Waals surface area contributed by atoms with Crippen molar-refractivity contribution in [1.82, 2.24) is 24.0 Å². The van der Waals surface area contributed by atoms with Crippen LogP contribution in [0.25, 0.3) is 11.2 Å². The lowest BCUT2D eigenvalue weighted by atomic mass is 9.94. The Morgan fingerprint density at radius 2 is 2.07 bits per heavy atom. The molecule has 1 aliphatic heterocycles. The predicted octanol–water partition coefficient (Wildman–Crippen LogP) is 3.57. The van der Waals surface area contributed by atoms with Gasteiger partial charge < -0.3 is 4.90 Å². The van der Waals surface area contributed by atoms with Gasteiger partial charge in [0.1, 0.15) is 4.88 Å². The molecule has 0 saturated carbocycles. The van der Waals surface area contributed by atoms with Gasteiger partial charge in [0.2, 0.25) is 0 Å². The van der Waals surface area contributed by atoms with Crippen LogP contribution < -0.4 is 5.69 Å². The third-order valence-corrected chi connectivity index (χ3v) is 6.62. The number of carbonyl (C=O) groups excluding carboxylic acids is 1. The van der Waals surface area contributed by atoms with E-state index in [-0.39, 0.29) is 22.9 Å². The Kier molecular flexibility index (Phi) is 5.30. The summed E-state index contributed by atoms with van der Waals surface area (Å²) in [6, 6.07) is 4.04. The van der Waals surface area contributed by atoms with E-state index in [9.17, 15) is 9.59 Å². The number of nitrogens with zero attached hydrogens (tertiary/aromatic N) is 5. The van der Waals surface area contributed by atoms with Gasteiger partial charge in [-0.05, 0) is 37.3 Å². The van der Waals surface area contributed by atoms with Gasteiger partial charge in [-0.1, -0.05) is 20.8 Å². The Morgan fingerprint density at radius 3 is 2.73 bits per heavy atom. The molecule has 160 valence electrons. The third kappa shape index (κ3) is 3.80. The Bertz CT molecular complexity index is 1150. The smallest absolute Gasteiger partial charge is 0.330 e. The number of imidazole rings is 1. The van der Waals surface area contributed by atoms with Crippen molar-refractivity contribution < 1.29 is 4.79 Å². The van der Waals surface area contributed by atoms with Crippen molar-refractivity contribution >= 4 is 28.4 Å². The lowest BCUT2D eigenvalue weighted by Gasteiger charge is -2.32. The van der Waals surface area contributed by atoms with Crippen LogP contribution >= 0.6 is 11.3 Å². The summed E-state index contributed by atoms with van der Waals surface area (Å²) in [7, 11) is 1.78. The molecule has 7 nitrogen and oxygen atoms in total. The van der Waals surface area contributed by atoms with E-state index in [2.05, 4.69) is 25.8 Å². The first-order valence-corrected chi connectivity index (χ1v) is 11.3. The summed E-state index contributed by atoms with van der Waals surface area (Å²) >= 11 is 1.40. The summed E-state index contributed by atoms with van der Waals surface area (Å²) in [5, 5.41) is 0. The van der Waals surface area contributed by atoms with Crippen LogP contribution in [0, 0.1) is 12.3 Å². The molecule has 0 radical (unpaired) electrons. The lowest BCUT2D eigenvalue weighted by Crippen LogP contribution is -2.39. The zero-order valence-electron chi connectivity index (χ0n) is 18.3. The highest BCUT2D eigenvalue weighted by atomic mass is 32.1. The average Bonchev–Trinajstić information content (AvgIpc) is 3.23. The van der Waals surface area contributed by atoms with Crippen molar-refractivity contribution in [3.63, 3.8) is 0 Å². The number of piperidine rings is 1.